The highest BCUT2D eigenvalue weighted by atomic mass is 16.5. The summed E-state index contributed by atoms with van der Waals surface area (Å²) >= 11 is 0. The molecule has 4 unspecified atom stereocenters. The minimum atomic E-state index is -0.373. The van der Waals surface area contributed by atoms with E-state index in [9.17, 15) is 4.79 Å². The first kappa shape index (κ1) is 10.6. The molecule has 0 aliphatic heterocycles. The Kier molecular flexibility index (Phi) is 2.29. The second-order valence-electron chi connectivity index (χ2n) is 6.02. The van der Waals surface area contributed by atoms with Gasteiger partial charge in [0.1, 0.15) is 6.04 Å². The third kappa shape index (κ3) is 1.33. The molecule has 0 heterocycles. The second-order valence-corrected chi connectivity index (χ2v) is 6.02. The fraction of sp³-hybridized carbons (Fsp3) is 0.923. The maximum absolute atomic E-state index is 11.6. The molecule has 3 saturated carbocycles. The molecule has 0 aromatic heterocycles. The van der Waals surface area contributed by atoms with Crippen molar-refractivity contribution in [3.05, 3.63) is 0 Å². The van der Waals surface area contributed by atoms with Crippen LogP contribution in [0.15, 0.2) is 0 Å². The van der Waals surface area contributed by atoms with Crippen molar-refractivity contribution in [2.45, 2.75) is 44.6 Å². The molecule has 0 saturated heterocycles. The number of methoxy groups -OCH3 is 1. The van der Waals surface area contributed by atoms with Crippen LogP contribution in [0.2, 0.25) is 0 Å². The van der Waals surface area contributed by atoms with Crippen LogP contribution < -0.4 is 5.73 Å². The van der Waals surface area contributed by atoms with Gasteiger partial charge in [-0.1, -0.05) is 6.42 Å². The summed E-state index contributed by atoms with van der Waals surface area (Å²) in [6, 6.07) is -0.373. The molecule has 0 spiro atoms. The van der Waals surface area contributed by atoms with Gasteiger partial charge >= 0.3 is 5.97 Å². The zero-order valence-electron chi connectivity index (χ0n) is 9.95. The topological polar surface area (TPSA) is 52.3 Å². The zero-order chi connectivity index (χ0) is 11.3. The highest BCUT2D eigenvalue weighted by molar-refractivity contribution is 5.77. The Bertz CT molecular complexity index is 311. The highest BCUT2D eigenvalue weighted by Crippen LogP contribution is 2.65. The largest absolute Gasteiger partial charge is 0.468 e. The van der Waals surface area contributed by atoms with Gasteiger partial charge in [-0.25, -0.2) is 0 Å². The number of esters is 1. The monoisotopic (exact) mass is 223 g/mol. The number of hydrogen-bond donors (Lipinski definition) is 1. The third-order valence-electron chi connectivity index (χ3n) is 5.38. The summed E-state index contributed by atoms with van der Waals surface area (Å²) in [4.78, 5) is 11.6. The Hall–Kier alpha value is -0.570. The molecule has 0 amide bonds. The first-order valence-electron chi connectivity index (χ1n) is 6.51. The molecule has 0 aromatic rings. The van der Waals surface area contributed by atoms with Gasteiger partial charge in [-0.3, -0.25) is 4.79 Å². The van der Waals surface area contributed by atoms with Crippen LogP contribution in [-0.2, 0) is 9.53 Å². The summed E-state index contributed by atoms with van der Waals surface area (Å²) in [5.74, 6) is 2.28. The van der Waals surface area contributed by atoms with Gasteiger partial charge in [0.2, 0.25) is 0 Å². The predicted molar refractivity (Wildman–Crippen MR) is 60.6 cm³/mol. The number of nitrogens with two attached hydrogens (primary N) is 1. The van der Waals surface area contributed by atoms with E-state index in [1.807, 2.05) is 0 Å². The van der Waals surface area contributed by atoms with Crippen molar-refractivity contribution >= 4 is 5.97 Å². The predicted octanol–water partition coefficient (Wildman–Crippen LogP) is 1.70. The van der Waals surface area contributed by atoms with Gasteiger partial charge in [0.15, 0.2) is 0 Å². The molecule has 3 aliphatic rings. The van der Waals surface area contributed by atoms with Crippen LogP contribution in [0.1, 0.15) is 38.5 Å². The molecule has 3 rings (SSSR count). The van der Waals surface area contributed by atoms with Crippen LogP contribution >= 0.6 is 0 Å². The van der Waals surface area contributed by atoms with Gasteiger partial charge in [0.25, 0.3) is 0 Å². The molecule has 2 N–H and O–H groups in total. The summed E-state index contributed by atoms with van der Waals surface area (Å²) in [6.07, 6.45) is 7.75. The Morgan fingerprint density at radius 2 is 2.12 bits per heavy atom. The molecule has 3 heteroatoms. The first-order chi connectivity index (χ1) is 7.67. The lowest BCUT2D eigenvalue weighted by molar-refractivity contribution is -0.145. The van der Waals surface area contributed by atoms with Crippen LogP contribution in [0, 0.1) is 23.2 Å². The van der Waals surface area contributed by atoms with Crippen LogP contribution in [0.4, 0.5) is 0 Å². The summed E-state index contributed by atoms with van der Waals surface area (Å²) in [6.45, 7) is 0. The maximum Gasteiger partial charge on any atom is 0.323 e. The van der Waals surface area contributed by atoms with Crippen molar-refractivity contribution < 1.29 is 9.53 Å². The lowest BCUT2D eigenvalue weighted by Crippen LogP contribution is -2.45. The van der Waals surface area contributed by atoms with E-state index in [1.165, 1.54) is 32.8 Å². The summed E-state index contributed by atoms with van der Waals surface area (Å²) in [5, 5.41) is 0. The molecule has 3 nitrogen and oxygen atoms in total. The van der Waals surface area contributed by atoms with Crippen molar-refractivity contribution in [1.29, 1.82) is 0 Å². The average molecular weight is 223 g/mol. The van der Waals surface area contributed by atoms with Crippen molar-refractivity contribution in [3.8, 4) is 0 Å². The molecular formula is C13H21NO2. The van der Waals surface area contributed by atoms with Gasteiger partial charge in [0, 0.05) is 0 Å². The summed E-state index contributed by atoms with van der Waals surface area (Å²) in [7, 11) is 1.44. The summed E-state index contributed by atoms with van der Waals surface area (Å²) < 4.78 is 4.81. The van der Waals surface area contributed by atoms with Crippen molar-refractivity contribution in [2.24, 2.45) is 28.9 Å². The standard InChI is InChI=1S/C13H21NO2/c1-16-12(15)11(14)13(4-5-13)10-7-8-2-3-9(10)6-8/h8-11H,2-7,14H2,1H3. The maximum atomic E-state index is 11.6. The highest BCUT2D eigenvalue weighted by Gasteiger charge is 2.61. The first-order valence-corrected chi connectivity index (χ1v) is 6.51. The zero-order valence-corrected chi connectivity index (χ0v) is 9.95. The Balaban J connectivity index is 1.76. The van der Waals surface area contributed by atoms with Gasteiger partial charge in [-0.05, 0) is 55.3 Å². The van der Waals surface area contributed by atoms with E-state index < -0.39 is 0 Å². The van der Waals surface area contributed by atoms with Gasteiger partial charge < -0.3 is 10.5 Å². The molecule has 0 radical (unpaired) electrons. The van der Waals surface area contributed by atoms with E-state index in [-0.39, 0.29) is 17.4 Å². The lowest BCUT2D eigenvalue weighted by atomic mass is 9.73. The van der Waals surface area contributed by atoms with E-state index in [2.05, 4.69) is 0 Å². The van der Waals surface area contributed by atoms with E-state index in [0.29, 0.717) is 5.92 Å². The van der Waals surface area contributed by atoms with E-state index >= 15 is 0 Å². The fourth-order valence-corrected chi connectivity index (χ4v) is 4.37. The van der Waals surface area contributed by atoms with Crippen molar-refractivity contribution in [1.82, 2.24) is 0 Å². The van der Waals surface area contributed by atoms with Crippen LogP contribution in [0.3, 0.4) is 0 Å². The molecule has 4 atom stereocenters. The smallest absolute Gasteiger partial charge is 0.323 e. The van der Waals surface area contributed by atoms with E-state index in [4.69, 9.17) is 10.5 Å². The van der Waals surface area contributed by atoms with Gasteiger partial charge in [-0.2, -0.15) is 0 Å². The molecule has 16 heavy (non-hydrogen) atoms. The Morgan fingerprint density at radius 1 is 1.38 bits per heavy atom. The average Bonchev–Trinajstić information content (AvgIpc) is 2.84. The number of carbonyl (C=O) groups excluding carboxylic acids is 1. The molecule has 90 valence electrons. The Labute approximate surface area is 96.7 Å². The van der Waals surface area contributed by atoms with Crippen LogP contribution in [0.5, 0.6) is 0 Å². The van der Waals surface area contributed by atoms with Crippen LogP contribution in [0.25, 0.3) is 0 Å². The van der Waals surface area contributed by atoms with E-state index in [0.717, 1.165) is 24.7 Å². The summed E-state index contributed by atoms with van der Waals surface area (Å²) in [5.41, 5.74) is 6.22. The lowest BCUT2D eigenvalue weighted by Gasteiger charge is -2.33. The molecule has 2 bridgehead atoms. The molecule has 0 aromatic carbocycles. The Morgan fingerprint density at radius 3 is 2.56 bits per heavy atom. The van der Waals surface area contributed by atoms with Crippen molar-refractivity contribution in [3.63, 3.8) is 0 Å². The van der Waals surface area contributed by atoms with Gasteiger partial charge in [0.05, 0.1) is 7.11 Å². The SMILES string of the molecule is COC(=O)C(N)C1(C2CC3CCC2C3)CC1. The van der Waals surface area contributed by atoms with Crippen LogP contribution in [-0.4, -0.2) is 19.1 Å². The van der Waals surface area contributed by atoms with Crippen molar-refractivity contribution in [2.75, 3.05) is 7.11 Å². The second kappa shape index (κ2) is 3.46. The number of hydrogen-bond acceptors (Lipinski definition) is 3. The molecular weight excluding hydrogens is 202 g/mol. The molecule has 3 aliphatic carbocycles. The number of carbonyl (C=O) groups is 1. The normalized spacial score (nSPS) is 40.8. The number of ether oxygens (including phenoxy) is 1. The molecule has 3 fully saturated rings. The minimum Gasteiger partial charge on any atom is -0.468 e. The minimum absolute atomic E-state index is 0.118. The number of fused-ring (bicyclic) bond motifs is 2. The van der Waals surface area contributed by atoms with Gasteiger partial charge in [-0.15, -0.1) is 0 Å². The fourth-order valence-electron chi connectivity index (χ4n) is 4.37. The van der Waals surface area contributed by atoms with E-state index in [1.54, 1.807) is 0 Å². The number of rotatable bonds is 3. The third-order valence-corrected chi connectivity index (χ3v) is 5.38. The quantitative estimate of drug-likeness (QED) is 0.741.